The lowest BCUT2D eigenvalue weighted by molar-refractivity contribution is 0.208. The fraction of sp³-hybridized carbons (Fsp3) is 0.377. The normalized spacial score (nSPS) is 17.5. The molecule has 9 N–H and O–H groups in total. The first kappa shape index (κ1) is 76.4. The largest absolute Gasteiger partial charge is 0.396 e. The molecule has 5 fully saturated rings. The quantitative estimate of drug-likeness (QED) is 0.0396. The highest BCUT2D eigenvalue weighted by atomic mass is 32.1. The average Bonchev–Trinajstić information content (AvgIpc) is 1.58. The molecular formula is C77H90N34O2S4. The highest BCUT2D eigenvalue weighted by Crippen LogP contribution is 2.39. The molecule has 5 aliphatic rings. The second-order valence-electron chi connectivity index (χ2n) is 30.5. The number of aliphatic hydroxyl groups is 2. The second kappa shape index (κ2) is 32.6. The summed E-state index contributed by atoms with van der Waals surface area (Å²) >= 11 is 5.73. The molecule has 5 aliphatic heterocycles. The lowest BCUT2D eigenvalue weighted by Gasteiger charge is -2.33. The van der Waals surface area contributed by atoms with Gasteiger partial charge in [-0.3, -0.25) is 18.7 Å². The fourth-order valence-corrected chi connectivity index (χ4v) is 18.3. The maximum atomic E-state index is 9.65. The van der Waals surface area contributed by atoms with Gasteiger partial charge in [0.2, 0.25) is 0 Å². The van der Waals surface area contributed by atoms with Gasteiger partial charge in [0.1, 0.15) is 66.5 Å². The predicted octanol–water partition coefficient (Wildman–Crippen LogP) is 10.1. The summed E-state index contributed by atoms with van der Waals surface area (Å²) in [7, 11) is 7.62. The summed E-state index contributed by atoms with van der Waals surface area (Å²) < 4.78 is 32.0. The van der Waals surface area contributed by atoms with Gasteiger partial charge in [-0.2, -0.15) is 76.3 Å². The molecule has 21 rings (SSSR count). The van der Waals surface area contributed by atoms with E-state index in [9.17, 15) is 10.2 Å². The number of nitrogens with zero attached hydrogens (tertiary/aromatic N) is 28. The molecule has 16 aromatic rings. The van der Waals surface area contributed by atoms with Crippen molar-refractivity contribution in [3.63, 3.8) is 0 Å². The minimum absolute atomic E-state index is 0.206. The van der Waals surface area contributed by atoms with E-state index in [4.69, 9.17) is 25.7 Å². The van der Waals surface area contributed by atoms with Crippen LogP contribution in [0, 0.1) is 39.5 Å². The minimum Gasteiger partial charge on any atom is -0.396 e. The van der Waals surface area contributed by atoms with E-state index in [-0.39, 0.29) is 31.1 Å². The first-order valence-corrected chi connectivity index (χ1v) is 42.1. The number of piperazine rings is 1. The van der Waals surface area contributed by atoms with E-state index in [0.29, 0.717) is 12.1 Å². The maximum absolute atomic E-state index is 9.65. The topological polar surface area (TPSA) is 383 Å². The summed E-state index contributed by atoms with van der Waals surface area (Å²) in [5.41, 5.74) is 21.0. The number of rotatable bonds is 18. The van der Waals surface area contributed by atoms with E-state index in [2.05, 4.69) is 117 Å². The molecule has 0 aliphatic carbocycles. The van der Waals surface area contributed by atoms with Crippen molar-refractivity contribution in [1.82, 2.24) is 120 Å². The molecule has 1 unspecified atom stereocenters. The number of nitrogens with two attached hydrogens (primary N) is 1. The van der Waals surface area contributed by atoms with E-state index in [1.807, 2.05) is 185 Å². The molecule has 4 atom stereocenters. The standard InChI is InChI=1S/C20H24N8OS.C19H21N9S.C19H23N9S.C19H22N8OS/c1-13-6-19(30-25-13)23-18-7-17(27-5-3-4-14(10-27)12-29)24-20-16(9-22-28(18)20)15-8-21-26(2)11-15;1-11-3-18(29-25-11)23-17-5-16(27-10-13-4-14(27)7-20-13)24-19-15(8-22-28(17)19)12-6-21-26(2)9-12;1-12-7-18(29-25-12)23-17-8-16(27-5-3-14(20)4-6-27)24-19-15(10-22-28(17)19)13-9-21-26(2)11-13;1-12-5-18(29-24-12)22-17-6-16(26-4-3-13(9-26)11-28)23-19-15(8-21-27(17)19)14-7-20-25(2)10-14/h6-9,11,14,23,29H,3-5,10,12H2,1-2H3;3,5-6,8-9,13-14,20,23H,4,7,10H2,1-2H3;7-11,14,23H,3-6,20H2,1-2H3;5-8,10,13,22,28H,3-4,9,11H2,1-2H3/t;13-,14-;;13-/m.0.1/s1. The fourth-order valence-electron chi connectivity index (χ4n) is 15.6. The molecule has 0 aromatic carbocycles. The van der Waals surface area contributed by atoms with Gasteiger partial charge in [0.25, 0.3) is 0 Å². The Bertz CT molecular complexity index is 6010. The van der Waals surface area contributed by atoms with Crippen molar-refractivity contribution in [1.29, 1.82) is 0 Å². The smallest absolute Gasteiger partial charge is 0.167 e. The predicted molar refractivity (Wildman–Crippen MR) is 458 cm³/mol. The van der Waals surface area contributed by atoms with Crippen molar-refractivity contribution in [3.05, 3.63) is 146 Å². The van der Waals surface area contributed by atoms with Crippen LogP contribution < -0.4 is 51.9 Å². The summed E-state index contributed by atoms with van der Waals surface area (Å²) in [6.07, 6.45) is 28.8. The van der Waals surface area contributed by atoms with Crippen molar-refractivity contribution in [2.24, 2.45) is 45.8 Å². The molecular weight excluding hydrogens is 1560 g/mol. The lowest BCUT2D eigenvalue weighted by Crippen LogP contribution is -2.44. The van der Waals surface area contributed by atoms with Crippen LogP contribution >= 0.6 is 46.1 Å². The van der Waals surface area contributed by atoms with Crippen LogP contribution in [-0.4, -0.2) is 209 Å². The van der Waals surface area contributed by atoms with Gasteiger partial charge < -0.3 is 62.1 Å². The first-order valence-electron chi connectivity index (χ1n) is 39.0. The summed E-state index contributed by atoms with van der Waals surface area (Å²) in [5, 5.41) is 76.1. The summed E-state index contributed by atoms with van der Waals surface area (Å²) in [5.74, 6) is 7.66. The lowest BCUT2D eigenvalue weighted by atomic mass is 9.99. The Morgan fingerprint density at radius 2 is 0.752 bits per heavy atom. The van der Waals surface area contributed by atoms with Crippen molar-refractivity contribution in [2.75, 3.05) is 106 Å². The van der Waals surface area contributed by atoms with E-state index < -0.39 is 0 Å². The van der Waals surface area contributed by atoms with Gasteiger partial charge in [-0.25, -0.2) is 19.9 Å². The highest BCUT2D eigenvalue weighted by Gasteiger charge is 2.39. The molecule has 5 saturated heterocycles. The highest BCUT2D eigenvalue weighted by molar-refractivity contribution is 7.11. The third-order valence-electron chi connectivity index (χ3n) is 21.6. The second-order valence-corrected chi connectivity index (χ2v) is 33.7. The van der Waals surface area contributed by atoms with E-state index in [0.717, 1.165) is 241 Å². The van der Waals surface area contributed by atoms with Gasteiger partial charge in [0.05, 0.1) is 72.4 Å². The Balaban J connectivity index is 0.000000108. The molecule has 21 heterocycles. The van der Waals surface area contributed by atoms with Gasteiger partial charge >= 0.3 is 0 Å². The molecule has 0 amide bonds. The molecule has 2 bridgehead atoms. The van der Waals surface area contributed by atoms with Crippen LogP contribution in [-0.2, 0) is 28.2 Å². The molecule has 0 saturated carbocycles. The zero-order valence-corrected chi connectivity index (χ0v) is 69.1. The zero-order valence-electron chi connectivity index (χ0n) is 65.9. The molecule has 16 aromatic heterocycles. The SMILES string of the molecule is Cc1cc(Nc2cc(N3CCC(N)CC3)nc3c(-c4cnn(C)c4)cnn23)sn1.Cc1cc(Nc2cc(N3CCCC(CO)C3)nc3c(-c4cnn(C)c4)cnn23)sn1.Cc1cc(Nc2cc(N3CC[C@@H](CO)C3)nc3c(-c4cnn(C)c4)cnn23)sn1.Cc1cc(Nc2cc(N3C[C@@H]4C[C@H]3CN4)nc3c(-c4cnn(C)c4)cnn23)sn1. The molecule has 40 heteroatoms. The Hall–Kier alpha value is -11.9. The maximum Gasteiger partial charge on any atom is 0.167 e. The molecule has 117 heavy (non-hydrogen) atoms. The Kier molecular flexibility index (Phi) is 21.3. The van der Waals surface area contributed by atoms with Gasteiger partial charge in [-0.05, 0) is 143 Å². The number of hydrogen-bond acceptors (Lipinski definition) is 32. The average molecular weight is 1650 g/mol. The van der Waals surface area contributed by atoms with E-state index in [1.165, 1.54) is 52.6 Å². The summed E-state index contributed by atoms with van der Waals surface area (Å²) in [6, 6.07) is 17.6. The number of hydrogen-bond donors (Lipinski definition) is 8. The number of fused-ring (bicyclic) bond motifs is 6. The van der Waals surface area contributed by atoms with Crippen molar-refractivity contribution in [3.8, 4) is 44.5 Å². The third kappa shape index (κ3) is 16.3. The number of piperidine rings is 2. The van der Waals surface area contributed by atoms with E-state index >= 15 is 0 Å². The first-order chi connectivity index (χ1) is 56.9. The van der Waals surface area contributed by atoms with Crippen LogP contribution in [0.3, 0.4) is 0 Å². The number of aliphatic hydroxyl groups excluding tert-OH is 2. The summed E-state index contributed by atoms with van der Waals surface area (Å²) in [4.78, 5) is 29.1. The molecule has 0 radical (unpaired) electrons. The number of nitrogens with one attached hydrogen (secondary N) is 5. The third-order valence-corrected chi connectivity index (χ3v) is 24.8. The monoisotopic (exact) mass is 1650 g/mol. The van der Waals surface area contributed by atoms with Gasteiger partial charge in [-0.15, -0.1) is 0 Å². The van der Waals surface area contributed by atoms with Gasteiger partial charge in [0, 0.05) is 211 Å². The summed E-state index contributed by atoms with van der Waals surface area (Å²) in [6.45, 7) is 15.6. The van der Waals surface area contributed by atoms with Crippen LogP contribution in [0.5, 0.6) is 0 Å². The van der Waals surface area contributed by atoms with Crippen molar-refractivity contribution >= 4 is 135 Å². The van der Waals surface area contributed by atoms with Crippen LogP contribution in [0.25, 0.3) is 67.1 Å². The Labute approximate surface area is 688 Å². The van der Waals surface area contributed by atoms with Crippen molar-refractivity contribution in [2.45, 2.75) is 84.3 Å². The van der Waals surface area contributed by atoms with Crippen LogP contribution in [0.15, 0.2) is 123 Å². The van der Waals surface area contributed by atoms with Crippen LogP contribution in [0.2, 0.25) is 0 Å². The zero-order chi connectivity index (χ0) is 80.1. The van der Waals surface area contributed by atoms with Crippen molar-refractivity contribution < 1.29 is 10.2 Å². The minimum atomic E-state index is 0.206. The number of anilines is 12. The molecule has 604 valence electrons. The number of aryl methyl sites for hydroxylation is 8. The van der Waals surface area contributed by atoms with Gasteiger partial charge in [0.15, 0.2) is 22.6 Å². The molecule has 36 nitrogen and oxygen atoms in total. The Morgan fingerprint density at radius 3 is 1.07 bits per heavy atom. The van der Waals surface area contributed by atoms with Crippen LogP contribution in [0.1, 0.15) is 61.3 Å². The number of aromatic nitrogens is 24. The van der Waals surface area contributed by atoms with Gasteiger partial charge in [-0.1, -0.05) is 0 Å². The van der Waals surface area contributed by atoms with Crippen LogP contribution in [0.4, 0.5) is 66.5 Å². The Morgan fingerprint density at radius 1 is 0.410 bits per heavy atom. The molecule has 0 spiro atoms. The van der Waals surface area contributed by atoms with E-state index in [1.54, 1.807) is 18.7 Å².